The molecule has 3 aromatic rings. The number of rotatable bonds is 9. The summed E-state index contributed by atoms with van der Waals surface area (Å²) >= 11 is 0. The van der Waals surface area contributed by atoms with Gasteiger partial charge in [0, 0.05) is 44.1 Å². The van der Waals surface area contributed by atoms with E-state index in [1.165, 1.54) is 18.2 Å². The molecule has 1 aliphatic heterocycles. The van der Waals surface area contributed by atoms with Crippen LogP contribution in [0, 0.1) is 0 Å². The minimum Gasteiger partial charge on any atom is -0.492 e. The normalized spacial score (nSPS) is 14.4. The van der Waals surface area contributed by atoms with Gasteiger partial charge in [0.2, 0.25) is 0 Å². The van der Waals surface area contributed by atoms with Gasteiger partial charge in [-0.2, -0.15) is 18.3 Å². The lowest BCUT2D eigenvalue weighted by atomic mass is 10.1. The molecule has 0 aliphatic carbocycles. The number of benzene rings is 2. The van der Waals surface area contributed by atoms with Crippen molar-refractivity contribution >= 4 is 11.6 Å². The maximum absolute atomic E-state index is 13.2. The predicted octanol–water partition coefficient (Wildman–Crippen LogP) is 3.83. The first-order valence-corrected chi connectivity index (χ1v) is 11.5. The van der Waals surface area contributed by atoms with E-state index in [1.807, 2.05) is 6.07 Å². The monoisotopic (exact) mass is 504 g/mol. The number of hydrogen-bond acceptors (Lipinski definition) is 6. The first-order chi connectivity index (χ1) is 17.3. The van der Waals surface area contributed by atoms with Crippen molar-refractivity contribution in [3.8, 4) is 22.8 Å². The van der Waals surface area contributed by atoms with Crippen LogP contribution in [0.15, 0.2) is 54.7 Å². The van der Waals surface area contributed by atoms with Crippen molar-refractivity contribution in [2.24, 2.45) is 7.05 Å². The van der Waals surface area contributed by atoms with Crippen molar-refractivity contribution in [3.05, 3.63) is 60.3 Å². The molecule has 1 saturated heterocycles. The van der Waals surface area contributed by atoms with Crippen LogP contribution in [-0.4, -0.2) is 66.6 Å². The summed E-state index contributed by atoms with van der Waals surface area (Å²) in [6.07, 6.45) is -2.92. The van der Waals surface area contributed by atoms with Gasteiger partial charge in [-0.25, -0.2) is 0 Å². The molecule has 0 bridgehead atoms. The summed E-state index contributed by atoms with van der Waals surface area (Å²) in [6.45, 7) is 3.79. The SMILES string of the molecule is Cn1nccc1-c1cc(NC(=O)COc2ccccc2C(F)(F)F)ccc1OCCN1CCOCC1. The Hall–Kier alpha value is -3.57. The number of hydrogen-bond donors (Lipinski definition) is 1. The molecule has 4 rings (SSSR count). The second-order valence-corrected chi connectivity index (χ2v) is 8.18. The van der Waals surface area contributed by atoms with Gasteiger partial charge in [-0.1, -0.05) is 12.1 Å². The van der Waals surface area contributed by atoms with Gasteiger partial charge in [0.25, 0.3) is 5.91 Å². The zero-order valence-corrected chi connectivity index (χ0v) is 19.8. The Morgan fingerprint density at radius 2 is 1.86 bits per heavy atom. The van der Waals surface area contributed by atoms with E-state index in [2.05, 4.69) is 15.3 Å². The highest BCUT2D eigenvalue weighted by atomic mass is 19.4. The number of para-hydroxylation sites is 1. The van der Waals surface area contributed by atoms with Crippen LogP contribution in [0.2, 0.25) is 0 Å². The van der Waals surface area contributed by atoms with Crippen LogP contribution < -0.4 is 14.8 Å². The van der Waals surface area contributed by atoms with Gasteiger partial charge in [-0.15, -0.1) is 0 Å². The van der Waals surface area contributed by atoms with E-state index >= 15 is 0 Å². The molecule has 11 heteroatoms. The van der Waals surface area contributed by atoms with Crippen LogP contribution in [0.3, 0.4) is 0 Å². The highest BCUT2D eigenvalue weighted by Gasteiger charge is 2.34. The molecule has 2 heterocycles. The number of carbonyl (C=O) groups excluding carboxylic acids is 1. The first-order valence-electron chi connectivity index (χ1n) is 11.5. The summed E-state index contributed by atoms with van der Waals surface area (Å²) in [5.74, 6) is -0.371. The van der Waals surface area contributed by atoms with Crippen LogP contribution >= 0.6 is 0 Å². The molecule has 8 nitrogen and oxygen atoms in total. The Morgan fingerprint density at radius 1 is 1.08 bits per heavy atom. The minimum absolute atomic E-state index is 0.403. The van der Waals surface area contributed by atoms with Gasteiger partial charge in [0.05, 0.1) is 24.5 Å². The predicted molar refractivity (Wildman–Crippen MR) is 127 cm³/mol. The number of morpholine rings is 1. The van der Waals surface area contributed by atoms with E-state index in [9.17, 15) is 18.0 Å². The smallest absolute Gasteiger partial charge is 0.419 e. The molecule has 0 spiro atoms. The van der Waals surface area contributed by atoms with Crippen LogP contribution in [0.5, 0.6) is 11.5 Å². The number of amides is 1. The summed E-state index contributed by atoms with van der Waals surface area (Å²) in [5.41, 5.74) is 1.01. The summed E-state index contributed by atoms with van der Waals surface area (Å²) < 4.78 is 57.8. The molecular weight excluding hydrogens is 477 g/mol. The third kappa shape index (κ3) is 6.55. The van der Waals surface area contributed by atoms with Crippen LogP contribution in [0.1, 0.15) is 5.56 Å². The summed E-state index contributed by atoms with van der Waals surface area (Å²) in [6, 6.07) is 11.8. The fourth-order valence-corrected chi connectivity index (χ4v) is 3.85. The van der Waals surface area contributed by atoms with Gasteiger partial charge in [0.1, 0.15) is 18.1 Å². The van der Waals surface area contributed by atoms with Gasteiger partial charge in [-0.05, 0) is 36.4 Å². The maximum Gasteiger partial charge on any atom is 0.419 e. The average Bonchev–Trinajstić information content (AvgIpc) is 3.29. The molecule has 1 N–H and O–H groups in total. The zero-order valence-electron chi connectivity index (χ0n) is 19.8. The topological polar surface area (TPSA) is 77.9 Å². The van der Waals surface area contributed by atoms with Crippen molar-refractivity contribution in [2.75, 3.05) is 51.4 Å². The van der Waals surface area contributed by atoms with E-state index in [4.69, 9.17) is 14.2 Å². The summed E-state index contributed by atoms with van der Waals surface area (Å²) in [7, 11) is 1.80. The van der Waals surface area contributed by atoms with Crippen molar-refractivity contribution in [1.29, 1.82) is 0 Å². The van der Waals surface area contributed by atoms with Crippen molar-refractivity contribution in [3.63, 3.8) is 0 Å². The van der Waals surface area contributed by atoms with E-state index in [1.54, 1.807) is 36.1 Å². The zero-order chi connectivity index (χ0) is 25.5. The Kier molecular flexibility index (Phi) is 8.11. The number of alkyl halides is 3. The van der Waals surface area contributed by atoms with Gasteiger partial charge >= 0.3 is 6.18 Å². The fourth-order valence-electron chi connectivity index (χ4n) is 3.85. The fraction of sp³-hybridized carbons (Fsp3) is 0.360. The van der Waals surface area contributed by atoms with E-state index < -0.39 is 30.0 Å². The number of nitrogens with zero attached hydrogens (tertiary/aromatic N) is 3. The van der Waals surface area contributed by atoms with E-state index in [0.717, 1.165) is 37.0 Å². The largest absolute Gasteiger partial charge is 0.492 e. The second kappa shape index (κ2) is 11.4. The van der Waals surface area contributed by atoms with Crippen molar-refractivity contribution < 1.29 is 32.2 Å². The van der Waals surface area contributed by atoms with Crippen molar-refractivity contribution in [1.82, 2.24) is 14.7 Å². The molecule has 1 fully saturated rings. The third-order valence-corrected chi connectivity index (χ3v) is 5.68. The highest BCUT2D eigenvalue weighted by molar-refractivity contribution is 5.93. The molecule has 192 valence electrons. The molecule has 36 heavy (non-hydrogen) atoms. The minimum atomic E-state index is -4.58. The maximum atomic E-state index is 13.2. The molecule has 0 saturated carbocycles. The molecule has 1 aliphatic rings. The van der Waals surface area contributed by atoms with Crippen LogP contribution in [0.25, 0.3) is 11.3 Å². The van der Waals surface area contributed by atoms with Gasteiger partial charge < -0.3 is 19.5 Å². The van der Waals surface area contributed by atoms with Gasteiger partial charge in [0.15, 0.2) is 6.61 Å². The van der Waals surface area contributed by atoms with E-state index in [-0.39, 0.29) is 0 Å². The number of aryl methyl sites for hydroxylation is 1. The number of aromatic nitrogens is 2. The van der Waals surface area contributed by atoms with Gasteiger partial charge in [-0.3, -0.25) is 14.4 Å². The lowest BCUT2D eigenvalue weighted by Gasteiger charge is -2.26. The molecule has 1 aromatic heterocycles. The molecule has 0 unspecified atom stereocenters. The number of anilines is 1. The quantitative estimate of drug-likeness (QED) is 0.477. The number of nitrogens with one attached hydrogen (secondary N) is 1. The van der Waals surface area contributed by atoms with Crippen molar-refractivity contribution in [2.45, 2.75) is 6.18 Å². The first kappa shape index (κ1) is 25.5. The van der Waals surface area contributed by atoms with Crippen LogP contribution in [0.4, 0.5) is 18.9 Å². The summed E-state index contributed by atoms with van der Waals surface area (Å²) in [5, 5.41) is 6.88. The lowest BCUT2D eigenvalue weighted by Crippen LogP contribution is -2.38. The Bertz CT molecular complexity index is 1180. The standard InChI is InChI=1S/C25H27F3N4O4/c1-31-21(8-9-29-31)19-16-18(6-7-22(19)35-15-12-32-10-13-34-14-11-32)30-24(33)17-36-23-5-3-2-4-20(23)25(26,27)28/h2-9,16H,10-15,17H2,1H3,(H,30,33). The molecule has 0 radical (unpaired) electrons. The average molecular weight is 505 g/mol. The molecular formula is C25H27F3N4O4. The molecule has 2 aromatic carbocycles. The lowest BCUT2D eigenvalue weighted by molar-refractivity contribution is -0.139. The van der Waals surface area contributed by atoms with E-state index in [0.29, 0.717) is 31.3 Å². The highest BCUT2D eigenvalue weighted by Crippen LogP contribution is 2.36. The van der Waals surface area contributed by atoms with Crippen LogP contribution in [-0.2, 0) is 22.8 Å². The molecule has 0 atom stereocenters. The number of ether oxygens (including phenoxy) is 3. The Morgan fingerprint density at radius 3 is 2.58 bits per heavy atom. The number of carbonyl (C=O) groups is 1. The second-order valence-electron chi connectivity index (χ2n) is 8.18. The Balaban J connectivity index is 1.43. The number of halogens is 3. The molecule has 1 amide bonds. The third-order valence-electron chi connectivity index (χ3n) is 5.68. The summed E-state index contributed by atoms with van der Waals surface area (Å²) in [4.78, 5) is 14.7. The Labute approximate surface area is 206 Å².